The summed E-state index contributed by atoms with van der Waals surface area (Å²) in [7, 11) is 0. The summed E-state index contributed by atoms with van der Waals surface area (Å²) in [5, 5.41) is 20.0. The summed E-state index contributed by atoms with van der Waals surface area (Å²) in [4.78, 5) is 12.5. The Labute approximate surface area is 126 Å². The third kappa shape index (κ3) is 3.61. The zero-order valence-electron chi connectivity index (χ0n) is 11.4. The highest BCUT2D eigenvalue weighted by Crippen LogP contribution is 2.36. The molecule has 9 heteroatoms. The van der Waals surface area contributed by atoms with Crippen LogP contribution in [0.2, 0.25) is 0 Å². The van der Waals surface area contributed by atoms with Gasteiger partial charge in [0.1, 0.15) is 12.1 Å². The first-order valence-corrected chi connectivity index (χ1v) is 7.74. The Hall–Kier alpha value is -1.87. The smallest absolute Gasteiger partial charge is 0.222 e. The second kappa shape index (κ2) is 6.27. The second-order valence-corrected chi connectivity index (χ2v) is 6.01. The molecule has 0 aliphatic heterocycles. The third-order valence-electron chi connectivity index (χ3n) is 3.33. The average molecular weight is 307 g/mol. The number of H-pyrrole nitrogens is 1. The third-order valence-corrected chi connectivity index (χ3v) is 4.21. The first-order chi connectivity index (χ1) is 10.2. The molecule has 0 bridgehead atoms. The minimum atomic E-state index is -0.207. The van der Waals surface area contributed by atoms with E-state index < -0.39 is 0 Å². The monoisotopic (exact) mass is 307 g/mol. The number of aromatic amines is 1. The molecule has 2 aromatic rings. The highest BCUT2D eigenvalue weighted by atomic mass is 32.2. The summed E-state index contributed by atoms with van der Waals surface area (Å²) < 4.78 is 0. The number of aliphatic hydroxyl groups is 1. The topological polar surface area (TPSA) is 126 Å². The average Bonchev–Trinajstić information content (AvgIpc) is 2.93. The van der Waals surface area contributed by atoms with Gasteiger partial charge in [-0.25, -0.2) is 9.97 Å². The van der Waals surface area contributed by atoms with Crippen LogP contribution in [0.25, 0.3) is 0 Å². The van der Waals surface area contributed by atoms with Crippen molar-refractivity contribution in [3.63, 3.8) is 0 Å². The van der Waals surface area contributed by atoms with Crippen LogP contribution >= 0.6 is 11.8 Å². The van der Waals surface area contributed by atoms with Crippen LogP contribution < -0.4 is 11.1 Å². The van der Waals surface area contributed by atoms with Crippen LogP contribution in [0.15, 0.2) is 17.6 Å². The molecule has 1 fully saturated rings. The van der Waals surface area contributed by atoms with Gasteiger partial charge in [-0.1, -0.05) is 11.8 Å². The van der Waals surface area contributed by atoms with Gasteiger partial charge in [0.05, 0.1) is 11.8 Å². The predicted molar refractivity (Wildman–Crippen MR) is 80.0 cm³/mol. The lowest BCUT2D eigenvalue weighted by molar-refractivity contribution is 0.0732. The Morgan fingerprint density at radius 1 is 1.43 bits per heavy atom. The van der Waals surface area contributed by atoms with E-state index >= 15 is 0 Å². The van der Waals surface area contributed by atoms with Gasteiger partial charge in [-0.05, 0) is 12.8 Å². The molecule has 1 aliphatic carbocycles. The van der Waals surface area contributed by atoms with E-state index in [2.05, 4.69) is 30.5 Å². The number of nitrogen functional groups attached to an aromatic ring is 1. The number of hydrogen-bond acceptors (Lipinski definition) is 8. The summed E-state index contributed by atoms with van der Waals surface area (Å²) in [5.41, 5.74) is 6.64. The maximum Gasteiger partial charge on any atom is 0.222 e. The maximum absolute atomic E-state index is 9.38. The number of rotatable bonds is 6. The van der Waals surface area contributed by atoms with E-state index in [-0.39, 0.29) is 18.0 Å². The molecule has 8 nitrogen and oxygen atoms in total. The molecule has 0 amide bonds. The molecule has 1 aliphatic rings. The number of nitrogens with two attached hydrogens (primary N) is 1. The predicted octanol–water partition coefficient (Wildman–Crippen LogP) is 0.619. The van der Waals surface area contributed by atoms with Crippen molar-refractivity contribution in [1.82, 2.24) is 25.1 Å². The molecule has 0 atom stereocenters. The number of thioether (sulfide) groups is 1. The van der Waals surface area contributed by atoms with E-state index in [1.54, 1.807) is 11.8 Å². The van der Waals surface area contributed by atoms with Gasteiger partial charge in [-0.3, -0.25) is 5.10 Å². The van der Waals surface area contributed by atoms with Crippen LogP contribution in [-0.2, 0) is 0 Å². The lowest BCUT2D eigenvalue weighted by Gasteiger charge is -2.30. The summed E-state index contributed by atoms with van der Waals surface area (Å²) >= 11 is 1.58. The van der Waals surface area contributed by atoms with Crippen molar-refractivity contribution in [1.29, 1.82) is 0 Å². The van der Waals surface area contributed by atoms with E-state index in [0.29, 0.717) is 0 Å². The summed E-state index contributed by atoms with van der Waals surface area (Å²) in [6.45, 7) is 0.731. The van der Waals surface area contributed by atoms with Crippen molar-refractivity contribution in [2.45, 2.75) is 30.0 Å². The van der Waals surface area contributed by atoms with Crippen molar-refractivity contribution in [2.24, 2.45) is 0 Å². The van der Waals surface area contributed by atoms with E-state index in [9.17, 15) is 5.11 Å². The van der Waals surface area contributed by atoms with E-state index in [1.165, 1.54) is 6.33 Å². The van der Waals surface area contributed by atoms with Crippen molar-refractivity contribution in [2.75, 3.05) is 23.3 Å². The van der Waals surface area contributed by atoms with E-state index in [4.69, 9.17) is 5.73 Å². The number of anilines is 2. The fraction of sp³-hybridized carbons (Fsp3) is 0.500. The van der Waals surface area contributed by atoms with Crippen LogP contribution in [0.5, 0.6) is 0 Å². The summed E-state index contributed by atoms with van der Waals surface area (Å²) in [6, 6.07) is 1.91. The van der Waals surface area contributed by atoms with Crippen LogP contribution in [0, 0.1) is 0 Å². The number of aromatic nitrogens is 5. The highest BCUT2D eigenvalue weighted by molar-refractivity contribution is 7.99. The van der Waals surface area contributed by atoms with Gasteiger partial charge in [0.15, 0.2) is 5.16 Å². The minimum absolute atomic E-state index is 0.207. The Kier molecular flexibility index (Phi) is 4.20. The van der Waals surface area contributed by atoms with E-state index in [1.807, 2.05) is 6.07 Å². The molecule has 1 saturated carbocycles. The molecule has 0 saturated heterocycles. The largest absolute Gasteiger partial charge is 0.393 e. The quantitative estimate of drug-likeness (QED) is 0.452. The number of aliphatic hydroxyl groups excluding tert-OH is 1. The van der Waals surface area contributed by atoms with Gasteiger partial charge in [0.2, 0.25) is 5.95 Å². The number of hydrogen-bond donors (Lipinski definition) is 4. The number of nitrogens with one attached hydrogen (secondary N) is 2. The van der Waals surface area contributed by atoms with Crippen LogP contribution in [0.1, 0.15) is 24.5 Å². The first kappa shape index (κ1) is 14.1. The molecule has 3 rings (SSSR count). The van der Waals surface area contributed by atoms with Gasteiger partial charge in [-0.2, -0.15) is 10.1 Å². The van der Waals surface area contributed by atoms with Crippen LogP contribution in [0.4, 0.5) is 11.8 Å². The van der Waals surface area contributed by atoms with Crippen LogP contribution in [0.3, 0.4) is 0 Å². The number of nitrogens with zero attached hydrogens (tertiary/aromatic N) is 4. The Morgan fingerprint density at radius 2 is 2.29 bits per heavy atom. The van der Waals surface area contributed by atoms with Crippen molar-refractivity contribution in [3.05, 3.63) is 18.1 Å². The molecular formula is C12H17N7OS. The van der Waals surface area contributed by atoms with Gasteiger partial charge in [-0.15, -0.1) is 0 Å². The zero-order valence-corrected chi connectivity index (χ0v) is 12.2. The van der Waals surface area contributed by atoms with Gasteiger partial charge >= 0.3 is 0 Å². The van der Waals surface area contributed by atoms with Crippen molar-refractivity contribution >= 4 is 23.5 Å². The molecule has 5 N–H and O–H groups in total. The van der Waals surface area contributed by atoms with Gasteiger partial charge < -0.3 is 16.2 Å². The van der Waals surface area contributed by atoms with Gasteiger partial charge in [0, 0.05) is 24.3 Å². The fourth-order valence-corrected chi connectivity index (χ4v) is 2.84. The van der Waals surface area contributed by atoms with Crippen molar-refractivity contribution in [3.8, 4) is 0 Å². The molecule has 0 unspecified atom stereocenters. The maximum atomic E-state index is 9.38. The standard InChI is InChI=1S/C12H17N7OS/c13-11-17-9(7-3-8(20)4-7)5-10(18-11)14-1-2-21-12-15-6-16-19-12/h5-8,20H,1-4H2,(H,15,16,19)(H3,13,14,17,18). The molecule has 0 spiro atoms. The molecule has 0 aromatic carbocycles. The Bertz CT molecular complexity index is 585. The molecule has 2 heterocycles. The minimum Gasteiger partial charge on any atom is -0.393 e. The van der Waals surface area contributed by atoms with Gasteiger partial charge in [0.25, 0.3) is 0 Å². The molecule has 21 heavy (non-hydrogen) atoms. The van der Waals surface area contributed by atoms with Crippen LogP contribution in [-0.4, -0.2) is 48.7 Å². The highest BCUT2D eigenvalue weighted by Gasteiger charge is 2.30. The lowest BCUT2D eigenvalue weighted by atomic mass is 9.80. The second-order valence-electron chi connectivity index (χ2n) is 4.92. The fourth-order valence-electron chi connectivity index (χ4n) is 2.20. The lowest BCUT2D eigenvalue weighted by Crippen LogP contribution is -2.27. The molecule has 0 radical (unpaired) electrons. The first-order valence-electron chi connectivity index (χ1n) is 6.75. The molecule has 2 aromatic heterocycles. The summed E-state index contributed by atoms with van der Waals surface area (Å²) in [6.07, 6.45) is 2.77. The van der Waals surface area contributed by atoms with Crippen molar-refractivity contribution < 1.29 is 5.11 Å². The summed E-state index contributed by atoms with van der Waals surface area (Å²) in [5.74, 6) is 2.10. The Morgan fingerprint density at radius 3 is 3.00 bits per heavy atom. The van der Waals surface area contributed by atoms with E-state index in [0.717, 1.165) is 41.8 Å². The Balaban J connectivity index is 1.52. The zero-order chi connectivity index (χ0) is 14.7. The molecule has 112 valence electrons. The SMILES string of the molecule is Nc1nc(NCCSc2ncn[nH]2)cc(C2CC(O)C2)n1. The normalized spacial score (nSPS) is 21.0. The molecular weight excluding hydrogens is 290 g/mol.